The van der Waals surface area contributed by atoms with Gasteiger partial charge in [-0.2, -0.15) is 5.10 Å². The molecule has 1 aliphatic rings. The van der Waals surface area contributed by atoms with E-state index < -0.39 is 5.82 Å². The van der Waals surface area contributed by atoms with Crippen molar-refractivity contribution < 1.29 is 4.39 Å². The van der Waals surface area contributed by atoms with Crippen LogP contribution in [0.3, 0.4) is 0 Å². The van der Waals surface area contributed by atoms with E-state index in [-0.39, 0.29) is 5.02 Å². The molecule has 0 aliphatic heterocycles. The molecule has 1 fully saturated rings. The molecule has 1 aromatic carbocycles. The average Bonchev–Trinajstić information content (AvgIpc) is 3.07. The average molecular weight is 270 g/mol. The number of nitrogens with one attached hydrogen (secondary N) is 1. The fourth-order valence-electron chi connectivity index (χ4n) is 1.84. The summed E-state index contributed by atoms with van der Waals surface area (Å²) in [6.07, 6.45) is 2.12. The first-order valence-corrected chi connectivity index (χ1v) is 6.08. The van der Waals surface area contributed by atoms with Gasteiger partial charge in [0.05, 0.1) is 10.6 Å². The summed E-state index contributed by atoms with van der Waals surface area (Å²) >= 11 is 10.9. The molecular weight excluding hydrogens is 261 g/mol. The molecule has 0 bridgehead atoms. The third-order valence-electron chi connectivity index (χ3n) is 2.81. The van der Waals surface area contributed by atoms with E-state index in [4.69, 9.17) is 23.8 Å². The first kappa shape index (κ1) is 10.9. The minimum atomic E-state index is -0.454. The van der Waals surface area contributed by atoms with Gasteiger partial charge in [0.2, 0.25) is 0 Å². The summed E-state index contributed by atoms with van der Waals surface area (Å²) in [6.45, 7) is 0. The lowest BCUT2D eigenvalue weighted by Gasteiger charge is -2.06. The zero-order valence-corrected chi connectivity index (χ0v) is 10.4. The fraction of sp³-hybridized carbons (Fsp3) is 0.273. The minimum Gasteiger partial charge on any atom is -0.297 e. The summed E-state index contributed by atoms with van der Waals surface area (Å²) in [5.74, 6) is 0.0718. The van der Waals surface area contributed by atoms with Gasteiger partial charge < -0.3 is 0 Å². The van der Waals surface area contributed by atoms with Crippen molar-refractivity contribution in [2.75, 3.05) is 0 Å². The monoisotopic (exact) mass is 269 g/mol. The molecule has 6 heteroatoms. The summed E-state index contributed by atoms with van der Waals surface area (Å²) in [6, 6.07) is 5.22. The molecule has 1 aromatic heterocycles. The second-order valence-corrected chi connectivity index (χ2v) is 4.85. The SMILES string of the molecule is Fc1c(Cl)cccc1-c1n[nH]c(=S)n1C1CC1. The third-order valence-corrected chi connectivity index (χ3v) is 3.39. The van der Waals surface area contributed by atoms with Gasteiger partial charge in [0.25, 0.3) is 0 Å². The van der Waals surface area contributed by atoms with Gasteiger partial charge >= 0.3 is 0 Å². The van der Waals surface area contributed by atoms with Gasteiger partial charge in [-0.1, -0.05) is 17.7 Å². The van der Waals surface area contributed by atoms with Crippen molar-refractivity contribution in [2.45, 2.75) is 18.9 Å². The standard InChI is InChI=1S/C11H9ClFN3S/c12-8-3-1-2-7(9(8)13)10-14-15-11(17)16(10)6-4-5-6/h1-3,6H,4-5H2,(H,15,17). The summed E-state index contributed by atoms with van der Waals surface area (Å²) in [7, 11) is 0. The number of H-pyrrole nitrogens is 1. The molecule has 2 aromatic rings. The van der Waals surface area contributed by atoms with Crippen molar-refractivity contribution in [1.82, 2.24) is 14.8 Å². The van der Waals surface area contributed by atoms with Gasteiger partial charge in [-0.25, -0.2) is 4.39 Å². The molecule has 0 atom stereocenters. The molecule has 1 aliphatic carbocycles. The summed E-state index contributed by atoms with van der Waals surface area (Å²) in [5, 5.41) is 6.90. The van der Waals surface area contributed by atoms with Crippen LogP contribution in [0.4, 0.5) is 4.39 Å². The van der Waals surface area contributed by atoms with Gasteiger partial charge in [0, 0.05) is 6.04 Å². The van der Waals surface area contributed by atoms with Crippen molar-refractivity contribution in [2.24, 2.45) is 0 Å². The van der Waals surface area contributed by atoms with E-state index in [1.165, 1.54) is 6.07 Å². The van der Waals surface area contributed by atoms with Crippen molar-refractivity contribution in [1.29, 1.82) is 0 Å². The Morgan fingerprint density at radius 3 is 2.94 bits per heavy atom. The van der Waals surface area contributed by atoms with Crippen LogP contribution in [-0.4, -0.2) is 14.8 Å². The van der Waals surface area contributed by atoms with Crippen LogP contribution < -0.4 is 0 Å². The van der Waals surface area contributed by atoms with Crippen LogP contribution in [-0.2, 0) is 0 Å². The summed E-state index contributed by atoms with van der Waals surface area (Å²) in [5.41, 5.74) is 0.386. The van der Waals surface area contributed by atoms with Crippen LogP contribution in [0.2, 0.25) is 5.02 Å². The first-order valence-electron chi connectivity index (χ1n) is 5.30. The number of benzene rings is 1. The lowest BCUT2D eigenvalue weighted by molar-refractivity contribution is 0.626. The molecule has 0 radical (unpaired) electrons. The normalized spacial score (nSPS) is 15.2. The Labute approximate surface area is 107 Å². The van der Waals surface area contributed by atoms with E-state index in [2.05, 4.69) is 10.2 Å². The van der Waals surface area contributed by atoms with Crippen LogP contribution in [0.5, 0.6) is 0 Å². The number of aromatic amines is 1. The number of hydrogen-bond donors (Lipinski definition) is 1. The predicted octanol–water partition coefficient (Wildman–Crippen LogP) is 3.74. The lowest BCUT2D eigenvalue weighted by atomic mass is 10.2. The van der Waals surface area contributed by atoms with Crippen molar-refractivity contribution in [3.63, 3.8) is 0 Å². The minimum absolute atomic E-state index is 0.0961. The van der Waals surface area contributed by atoms with E-state index in [1.807, 2.05) is 4.57 Å². The third kappa shape index (κ3) is 1.79. The van der Waals surface area contributed by atoms with Crippen LogP contribution in [0.25, 0.3) is 11.4 Å². The Hall–Kier alpha value is -1.20. The Bertz CT molecular complexity index is 630. The number of hydrogen-bond acceptors (Lipinski definition) is 2. The molecule has 1 saturated carbocycles. The molecule has 0 saturated heterocycles. The van der Waals surface area contributed by atoms with Crippen LogP contribution in [0.15, 0.2) is 18.2 Å². The van der Waals surface area contributed by atoms with E-state index in [9.17, 15) is 4.39 Å². The van der Waals surface area contributed by atoms with Gasteiger partial charge in [0.1, 0.15) is 0 Å². The predicted molar refractivity (Wildman–Crippen MR) is 66.1 cm³/mol. The van der Waals surface area contributed by atoms with Crippen LogP contribution in [0.1, 0.15) is 18.9 Å². The Morgan fingerprint density at radius 2 is 2.24 bits per heavy atom. The van der Waals surface area contributed by atoms with Gasteiger partial charge in [-0.15, -0.1) is 0 Å². The second kappa shape index (κ2) is 3.92. The fourth-order valence-corrected chi connectivity index (χ4v) is 2.30. The molecule has 3 rings (SSSR count). The first-order chi connectivity index (χ1) is 8.18. The molecule has 0 spiro atoms. The highest BCUT2D eigenvalue weighted by molar-refractivity contribution is 7.71. The van der Waals surface area contributed by atoms with Crippen LogP contribution >= 0.6 is 23.8 Å². The molecule has 88 valence electrons. The maximum Gasteiger partial charge on any atom is 0.195 e. The van der Waals surface area contributed by atoms with Gasteiger partial charge in [-0.05, 0) is 37.2 Å². The Balaban J connectivity index is 2.21. The molecule has 0 amide bonds. The highest BCUT2D eigenvalue weighted by Crippen LogP contribution is 2.38. The number of aromatic nitrogens is 3. The molecule has 0 unspecified atom stereocenters. The van der Waals surface area contributed by atoms with Gasteiger partial charge in [-0.3, -0.25) is 9.67 Å². The van der Waals surface area contributed by atoms with Crippen molar-refractivity contribution in [3.05, 3.63) is 33.8 Å². The number of rotatable bonds is 2. The molecule has 1 N–H and O–H groups in total. The number of nitrogens with zero attached hydrogens (tertiary/aromatic N) is 2. The van der Waals surface area contributed by atoms with E-state index >= 15 is 0 Å². The van der Waals surface area contributed by atoms with Gasteiger partial charge in [0.15, 0.2) is 16.4 Å². The largest absolute Gasteiger partial charge is 0.297 e. The Kier molecular flexibility index (Phi) is 2.52. The number of halogens is 2. The summed E-state index contributed by atoms with van der Waals surface area (Å²) in [4.78, 5) is 0. The molecule has 1 heterocycles. The van der Waals surface area contributed by atoms with Crippen LogP contribution in [0, 0.1) is 10.6 Å². The van der Waals surface area contributed by atoms with Crippen molar-refractivity contribution >= 4 is 23.8 Å². The molecule has 17 heavy (non-hydrogen) atoms. The zero-order valence-electron chi connectivity index (χ0n) is 8.78. The summed E-state index contributed by atoms with van der Waals surface area (Å²) < 4.78 is 16.3. The lowest BCUT2D eigenvalue weighted by Crippen LogP contribution is -1.99. The van der Waals surface area contributed by atoms with E-state index in [0.29, 0.717) is 22.2 Å². The second-order valence-electron chi connectivity index (χ2n) is 4.05. The van der Waals surface area contributed by atoms with E-state index in [1.54, 1.807) is 12.1 Å². The van der Waals surface area contributed by atoms with E-state index in [0.717, 1.165) is 12.8 Å². The maximum absolute atomic E-state index is 13.9. The quantitative estimate of drug-likeness (QED) is 0.843. The maximum atomic E-state index is 13.9. The highest BCUT2D eigenvalue weighted by atomic mass is 35.5. The highest BCUT2D eigenvalue weighted by Gasteiger charge is 2.28. The molecular formula is C11H9ClFN3S. The Morgan fingerprint density at radius 1 is 1.47 bits per heavy atom. The molecule has 3 nitrogen and oxygen atoms in total. The zero-order chi connectivity index (χ0) is 12.0. The van der Waals surface area contributed by atoms with Crippen molar-refractivity contribution in [3.8, 4) is 11.4 Å². The topological polar surface area (TPSA) is 33.6 Å². The smallest absolute Gasteiger partial charge is 0.195 e.